The van der Waals surface area contributed by atoms with Gasteiger partial charge in [0.15, 0.2) is 0 Å². The largest absolute Gasteiger partial charge is 0.262 e. The third-order valence-electron chi connectivity index (χ3n) is 6.29. The van der Waals surface area contributed by atoms with E-state index in [0.29, 0.717) is 0 Å². The number of rotatable bonds is 1. The van der Waals surface area contributed by atoms with Crippen molar-refractivity contribution in [1.29, 1.82) is 0 Å². The van der Waals surface area contributed by atoms with E-state index in [-0.39, 0.29) is 14.1 Å². The molecule has 1 aliphatic heterocycles. The fraction of sp³-hybridized carbons (Fsp3) is 0.857. The van der Waals surface area contributed by atoms with Crippen LogP contribution in [0.15, 0.2) is 12.2 Å². The maximum absolute atomic E-state index is 2.58. The monoisotopic (exact) mass is 216 g/mol. The molecule has 1 heterocycles. The first-order valence-corrected chi connectivity index (χ1v) is 9.46. The van der Waals surface area contributed by atoms with Crippen molar-refractivity contribution in [2.45, 2.75) is 42.0 Å². The zero-order valence-corrected chi connectivity index (χ0v) is 10.9. The summed E-state index contributed by atoms with van der Waals surface area (Å²) in [7, 11) is 0. The molecule has 0 nitrogen and oxygen atoms in total. The molecule has 0 amide bonds. The van der Waals surface area contributed by atoms with Crippen LogP contribution in [0.3, 0.4) is 0 Å². The summed E-state index contributed by atoms with van der Waals surface area (Å²) in [4.78, 5) is 0. The van der Waals surface area contributed by atoms with Gasteiger partial charge in [0, 0.05) is 0 Å². The van der Waals surface area contributed by atoms with E-state index in [1.165, 1.54) is 6.42 Å². The zero-order chi connectivity index (χ0) is 10.0. The molecule has 0 aromatic rings. The quantitative estimate of drug-likeness (QED) is 0.463. The summed E-state index contributed by atoms with van der Waals surface area (Å²) in [6, 6.07) is 0. The van der Waals surface area contributed by atoms with E-state index in [4.69, 9.17) is 0 Å². The molecule has 3 aliphatic carbocycles. The van der Waals surface area contributed by atoms with Crippen molar-refractivity contribution >= 4 is 14.1 Å². The Morgan fingerprint density at radius 1 is 1.33 bits per heavy atom. The molecule has 0 radical (unpaired) electrons. The lowest BCUT2D eigenvalue weighted by Gasteiger charge is -2.55. The molecular formula is C14H21Al. The van der Waals surface area contributed by atoms with Crippen LogP contribution in [-0.4, -0.2) is 14.1 Å². The first-order valence-electron chi connectivity index (χ1n) is 7.01. The lowest BCUT2D eigenvalue weighted by atomic mass is 9.50. The molecule has 5 atom stereocenters. The van der Waals surface area contributed by atoms with Crippen molar-refractivity contribution in [3.8, 4) is 0 Å². The summed E-state index contributed by atoms with van der Waals surface area (Å²) in [6.07, 6.45) is 9.92. The highest BCUT2D eigenvalue weighted by Crippen LogP contribution is 2.71. The lowest BCUT2D eigenvalue weighted by molar-refractivity contribution is -0.0314. The van der Waals surface area contributed by atoms with Gasteiger partial charge in [0.25, 0.3) is 14.1 Å². The van der Waals surface area contributed by atoms with E-state index in [0.717, 1.165) is 29.1 Å². The van der Waals surface area contributed by atoms with Crippen molar-refractivity contribution in [3.05, 3.63) is 12.2 Å². The van der Waals surface area contributed by atoms with Gasteiger partial charge < -0.3 is 0 Å². The van der Waals surface area contributed by atoms with Crippen molar-refractivity contribution in [1.82, 2.24) is 0 Å². The Morgan fingerprint density at radius 2 is 2.20 bits per heavy atom. The first kappa shape index (κ1) is 9.32. The second-order valence-electron chi connectivity index (χ2n) is 6.72. The molecule has 0 aromatic heterocycles. The highest BCUT2D eigenvalue weighted by Gasteiger charge is 2.64. The molecule has 0 N–H and O–H groups in total. The average molecular weight is 216 g/mol. The van der Waals surface area contributed by atoms with Crippen LogP contribution in [0.2, 0.25) is 15.8 Å². The van der Waals surface area contributed by atoms with E-state index < -0.39 is 0 Å². The Kier molecular flexibility index (Phi) is 1.82. The summed E-state index contributed by atoms with van der Waals surface area (Å²) in [5, 5.41) is 4.98. The molecule has 4 aliphatic rings. The molecule has 4 rings (SSSR count). The van der Waals surface area contributed by atoms with Crippen molar-refractivity contribution in [2.24, 2.45) is 29.1 Å². The molecule has 1 saturated heterocycles. The van der Waals surface area contributed by atoms with E-state index in [1.54, 1.807) is 28.7 Å². The molecule has 80 valence electrons. The third-order valence-corrected chi connectivity index (χ3v) is 9.94. The van der Waals surface area contributed by atoms with Gasteiger partial charge in [-0.25, -0.2) is 0 Å². The van der Waals surface area contributed by atoms with Crippen LogP contribution in [0.5, 0.6) is 0 Å². The van der Waals surface area contributed by atoms with Gasteiger partial charge in [-0.05, 0) is 41.9 Å². The van der Waals surface area contributed by atoms with Crippen LogP contribution in [0, 0.1) is 29.1 Å². The standard InChI is InChI=1S/C12H16.C2H5.Al/c1-3-12(2)7-10-8-4-5-9(6-8)11(10)12;1-2;/h4-5,8-11H,1-3,6-7H2;1H2,2H3;. The van der Waals surface area contributed by atoms with Crippen LogP contribution in [0.25, 0.3) is 0 Å². The van der Waals surface area contributed by atoms with Crippen LogP contribution >= 0.6 is 0 Å². The summed E-state index contributed by atoms with van der Waals surface area (Å²) in [5.41, 5.74) is 0.905. The average Bonchev–Trinajstić information content (AvgIpc) is 2.86. The van der Waals surface area contributed by atoms with Gasteiger partial charge in [0.2, 0.25) is 0 Å². The molecule has 0 aromatic carbocycles. The Balaban J connectivity index is 1.60. The predicted octanol–water partition coefficient (Wildman–Crippen LogP) is 3.73. The topological polar surface area (TPSA) is 0 Å². The van der Waals surface area contributed by atoms with Gasteiger partial charge in [0.1, 0.15) is 0 Å². The van der Waals surface area contributed by atoms with Crippen LogP contribution in [0.1, 0.15) is 26.2 Å². The number of allylic oxidation sites excluding steroid dienone is 2. The third kappa shape index (κ3) is 1.05. The number of hydrogen-bond acceptors (Lipinski definition) is 0. The summed E-state index contributed by atoms with van der Waals surface area (Å²) in [5.74, 6) is 4.35. The Hall–Kier alpha value is 0.272. The van der Waals surface area contributed by atoms with Gasteiger partial charge in [-0.2, -0.15) is 0 Å². The normalized spacial score (nSPS) is 55.1. The minimum Gasteiger partial charge on any atom is -0.0967 e. The SMILES string of the molecule is C[CH2][Al]1[CH2]CC2(CC3C4C=CC(C4)C32)[CH2]1. The first-order chi connectivity index (χ1) is 7.32. The van der Waals surface area contributed by atoms with Crippen molar-refractivity contribution < 1.29 is 0 Å². The Labute approximate surface area is 97.5 Å². The summed E-state index contributed by atoms with van der Waals surface area (Å²) >= 11 is -0.251. The highest BCUT2D eigenvalue weighted by molar-refractivity contribution is 6.59. The second-order valence-corrected chi connectivity index (χ2v) is 10.3. The maximum Gasteiger partial charge on any atom is 0.262 e. The molecular weight excluding hydrogens is 195 g/mol. The van der Waals surface area contributed by atoms with E-state index in [2.05, 4.69) is 19.1 Å². The molecule has 1 spiro atoms. The number of hydrogen-bond donors (Lipinski definition) is 0. The number of fused-ring (bicyclic) bond motifs is 6. The van der Waals surface area contributed by atoms with Crippen LogP contribution in [-0.2, 0) is 0 Å². The Bertz CT molecular complexity index is 321. The van der Waals surface area contributed by atoms with Crippen LogP contribution < -0.4 is 0 Å². The molecule has 2 bridgehead atoms. The summed E-state index contributed by atoms with van der Waals surface area (Å²) < 4.78 is 0. The van der Waals surface area contributed by atoms with Gasteiger partial charge in [-0.15, -0.1) is 0 Å². The van der Waals surface area contributed by atoms with Crippen molar-refractivity contribution in [2.75, 3.05) is 0 Å². The Morgan fingerprint density at radius 3 is 2.93 bits per heavy atom. The predicted molar refractivity (Wildman–Crippen MR) is 65.2 cm³/mol. The molecule has 2 saturated carbocycles. The fourth-order valence-electron chi connectivity index (χ4n) is 5.66. The molecule has 5 unspecified atom stereocenters. The lowest BCUT2D eigenvalue weighted by Crippen LogP contribution is -2.48. The molecule has 15 heavy (non-hydrogen) atoms. The van der Waals surface area contributed by atoms with Gasteiger partial charge in [-0.3, -0.25) is 0 Å². The highest BCUT2D eigenvalue weighted by atomic mass is 27.2. The van der Waals surface area contributed by atoms with E-state index in [1.807, 2.05) is 0 Å². The maximum atomic E-state index is 2.58. The van der Waals surface area contributed by atoms with Gasteiger partial charge in [-0.1, -0.05) is 41.3 Å². The molecule has 1 heteroatoms. The van der Waals surface area contributed by atoms with Gasteiger partial charge in [0.05, 0.1) is 0 Å². The second kappa shape index (κ2) is 2.93. The van der Waals surface area contributed by atoms with Crippen molar-refractivity contribution in [3.63, 3.8) is 0 Å². The molecule has 3 fully saturated rings. The van der Waals surface area contributed by atoms with Gasteiger partial charge >= 0.3 is 0 Å². The minimum absolute atomic E-state index is 0.251. The zero-order valence-electron chi connectivity index (χ0n) is 9.78. The van der Waals surface area contributed by atoms with E-state index in [9.17, 15) is 0 Å². The van der Waals surface area contributed by atoms with E-state index >= 15 is 0 Å². The van der Waals surface area contributed by atoms with Crippen LogP contribution in [0.4, 0.5) is 0 Å². The minimum atomic E-state index is -0.251. The summed E-state index contributed by atoms with van der Waals surface area (Å²) in [6.45, 7) is 2.45. The fourth-order valence-corrected chi connectivity index (χ4v) is 9.34. The smallest absolute Gasteiger partial charge is 0.0967 e.